The van der Waals surface area contributed by atoms with Gasteiger partial charge in [0.15, 0.2) is 6.61 Å². The monoisotopic (exact) mass is 351 g/mol. The summed E-state index contributed by atoms with van der Waals surface area (Å²) in [4.78, 5) is 11.2. The van der Waals surface area contributed by atoms with Crippen LogP contribution in [0.15, 0.2) is 22.7 Å². The number of halogens is 4. The molecule has 1 rings (SSSR count). The molecule has 1 amide bonds. The highest BCUT2D eigenvalue weighted by atomic mass is 79.9. The van der Waals surface area contributed by atoms with Gasteiger partial charge in [0.25, 0.3) is 5.91 Å². The van der Waals surface area contributed by atoms with Crippen LogP contribution in [-0.2, 0) is 4.79 Å². The lowest BCUT2D eigenvalue weighted by molar-refractivity contribution is -0.274. The Balaban J connectivity index is 2.60. The molecular weight excluding hydrogens is 343 g/mol. The van der Waals surface area contributed by atoms with Crippen molar-refractivity contribution < 1.29 is 27.4 Å². The van der Waals surface area contributed by atoms with E-state index >= 15 is 0 Å². The first kappa shape index (κ1) is 16.2. The average molecular weight is 352 g/mol. The van der Waals surface area contributed by atoms with E-state index in [1.165, 1.54) is 12.1 Å². The summed E-state index contributed by atoms with van der Waals surface area (Å²) in [6.45, 7) is -0.224. The second-order valence-electron chi connectivity index (χ2n) is 3.41. The van der Waals surface area contributed by atoms with Crippen LogP contribution in [0, 0.1) is 12.3 Å². The summed E-state index contributed by atoms with van der Waals surface area (Å²) in [5.41, 5.74) is 0. The quantitative estimate of drug-likeness (QED) is 0.829. The molecule has 1 N–H and O–H groups in total. The lowest BCUT2D eigenvalue weighted by Gasteiger charge is -2.12. The first-order valence-corrected chi connectivity index (χ1v) is 5.99. The molecule has 0 aliphatic carbocycles. The number of ether oxygens (including phenoxy) is 2. The zero-order valence-electron chi connectivity index (χ0n) is 9.96. The molecule has 0 unspecified atom stereocenters. The number of carbonyl (C=O) groups is 1. The molecule has 0 bridgehead atoms. The molecule has 0 heterocycles. The fraction of sp³-hybridized carbons (Fsp3) is 0.250. The number of amides is 1. The topological polar surface area (TPSA) is 47.6 Å². The number of carbonyl (C=O) groups excluding carboxylic acids is 1. The Labute approximate surface area is 121 Å². The van der Waals surface area contributed by atoms with Crippen LogP contribution < -0.4 is 14.8 Å². The SMILES string of the molecule is C#CCNC(=O)COc1ccc(OC(F)(F)F)c(Br)c1. The van der Waals surface area contributed by atoms with Gasteiger partial charge in [-0.25, -0.2) is 0 Å². The van der Waals surface area contributed by atoms with Crippen molar-refractivity contribution >= 4 is 21.8 Å². The van der Waals surface area contributed by atoms with Crippen molar-refractivity contribution in [3.8, 4) is 23.8 Å². The summed E-state index contributed by atoms with van der Waals surface area (Å²) in [6.07, 6.45) is 0.176. The lowest BCUT2D eigenvalue weighted by Crippen LogP contribution is -2.29. The maximum atomic E-state index is 12.1. The predicted molar refractivity (Wildman–Crippen MR) is 68.2 cm³/mol. The second-order valence-corrected chi connectivity index (χ2v) is 4.26. The minimum atomic E-state index is -4.78. The van der Waals surface area contributed by atoms with Gasteiger partial charge < -0.3 is 14.8 Å². The van der Waals surface area contributed by atoms with Crippen LogP contribution in [0.3, 0.4) is 0 Å². The zero-order chi connectivity index (χ0) is 15.2. The molecule has 1 aromatic rings. The summed E-state index contributed by atoms with van der Waals surface area (Å²) in [6, 6.07) is 3.59. The first-order chi connectivity index (χ1) is 9.31. The Morgan fingerprint density at radius 3 is 2.70 bits per heavy atom. The van der Waals surface area contributed by atoms with Gasteiger partial charge in [-0.05, 0) is 34.1 Å². The number of terminal acetylenes is 1. The third-order valence-electron chi connectivity index (χ3n) is 1.89. The molecule has 108 valence electrons. The Morgan fingerprint density at radius 2 is 2.15 bits per heavy atom. The van der Waals surface area contributed by atoms with E-state index in [1.54, 1.807) is 0 Å². The van der Waals surface area contributed by atoms with E-state index < -0.39 is 18.0 Å². The molecule has 0 aliphatic heterocycles. The minimum Gasteiger partial charge on any atom is -0.484 e. The van der Waals surface area contributed by atoms with Crippen LogP contribution in [0.4, 0.5) is 13.2 Å². The predicted octanol–water partition coefficient (Wildman–Crippen LogP) is 2.48. The van der Waals surface area contributed by atoms with E-state index in [1.807, 2.05) is 0 Å². The number of hydrogen-bond donors (Lipinski definition) is 1. The Hall–Kier alpha value is -1.88. The Morgan fingerprint density at radius 1 is 1.45 bits per heavy atom. The van der Waals surface area contributed by atoms with Gasteiger partial charge in [0.05, 0.1) is 11.0 Å². The smallest absolute Gasteiger partial charge is 0.484 e. The van der Waals surface area contributed by atoms with Gasteiger partial charge in [-0.15, -0.1) is 19.6 Å². The molecule has 4 nitrogen and oxygen atoms in total. The van der Waals surface area contributed by atoms with Crippen molar-refractivity contribution in [3.63, 3.8) is 0 Å². The van der Waals surface area contributed by atoms with Crippen LogP contribution >= 0.6 is 15.9 Å². The summed E-state index contributed by atoms with van der Waals surface area (Å²) < 4.78 is 45.1. The van der Waals surface area contributed by atoms with Gasteiger partial charge in [-0.2, -0.15) is 0 Å². The van der Waals surface area contributed by atoms with Gasteiger partial charge in [0.1, 0.15) is 11.5 Å². The second kappa shape index (κ2) is 7.05. The van der Waals surface area contributed by atoms with Crippen LogP contribution in [0.1, 0.15) is 0 Å². The highest BCUT2D eigenvalue weighted by molar-refractivity contribution is 9.10. The molecule has 0 saturated heterocycles. The molecular formula is C12H9BrF3NO3. The van der Waals surface area contributed by atoms with E-state index in [4.69, 9.17) is 11.2 Å². The van der Waals surface area contributed by atoms with Gasteiger partial charge in [0.2, 0.25) is 0 Å². The van der Waals surface area contributed by atoms with Crippen molar-refractivity contribution in [2.75, 3.05) is 13.2 Å². The van der Waals surface area contributed by atoms with Crippen molar-refractivity contribution in [2.45, 2.75) is 6.36 Å². The van der Waals surface area contributed by atoms with Crippen LogP contribution in [0.2, 0.25) is 0 Å². The van der Waals surface area contributed by atoms with Crippen LogP contribution in [0.5, 0.6) is 11.5 Å². The fourth-order valence-corrected chi connectivity index (χ4v) is 1.57. The minimum absolute atomic E-state index is 0.0522. The summed E-state index contributed by atoms with van der Waals surface area (Å²) in [7, 11) is 0. The largest absolute Gasteiger partial charge is 0.573 e. The van der Waals surface area contributed by atoms with E-state index in [0.29, 0.717) is 0 Å². The fourth-order valence-electron chi connectivity index (χ4n) is 1.13. The van der Waals surface area contributed by atoms with Gasteiger partial charge in [-0.3, -0.25) is 4.79 Å². The van der Waals surface area contributed by atoms with E-state index in [2.05, 4.69) is 31.9 Å². The molecule has 1 aromatic carbocycles. The average Bonchev–Trinajstić information content (AvgIpc) is 2.35. The number of alkyl halides is 3. The zero-order valence-corrected chi connectivity index (χ0v) is 11.5. The Kier molecular flexibility index (Phi) is 5.70. The number of rotatable bonds is 5. The van der Waals surface area contributed by atoms with Crippen molar-refractivity contribution in [2.24, 2.45) is 0 Å². The standard InChI is InChI=1S/C12H9BrF3NO3/c1-2-5-17-11(18)7-19-8-3-4-10(9(13)6-8)20-12(14,15)16/h1,3-4,6H,5,7H2,(H,17,18). The van der Waals surface area contributed by atoms with Crippen LogP contribution in [-0.4, -0.2) is 25.4 Å². The molecule has 0 aromatic heterocycles. The van der Waals surface area contributed by atoms with E-state index in [9.17, 15) is 18.0 Å². The number of nitrogens with one attached hydrogen (secondary N) is 1. The van der Waals surface area contributed by atoms with E-state index in [-0.39, 0.29) is 23.4 Å². The number of hydrogen-bond acceptors (Lipinski definition) is 3. The molecule has 0 fully saturated rings. The number of benzene rings is 1. The van der Waals surface area contributed by atoms with Crippen LogP contribution in [0.25, 0.3) is 0 Å². The molecule has 0 radical (unpaired) electrons. The van der Waals surface area contributed by atoms with E-state index in [0.717, 1.165) is 6.07 Å². The third kappa shape index (κ3) is 5.84. The third-order valence-corrected chi connectivity index (χ3v) is 2.51. The highest BCUT2D eigenvalue weighted by Gasteiger charge is 2.31. The molecule has 0 atom stereocenters. The highest BCUT2D eigenvalue weighted by Crippen LogP contribution is 2.33. The lowest BCUT2D eigenvalue weighted by atomic mass is 10.3. The maximum Gasteiger partial charge on any atom is 0.573 e. The van der Waals surface area contributed by atoms with Crippen molar-refractivity contribution in [3.05, 3.63) is 22.7 Å². The maximum absolute atomic E-state index is 12.1. The molecule has 8 heteroatoms. The molecule has 0 spiro atoms. The van der Waals surface area contributed by atoms with Crippen molar-refractivity contribution in [1.82, 2.24) is 5.32 Å². The molecule has 0 aliphatic rings. The molecule has 20 heavy (non-hydrogen) atoms. The normalized spacial score (nSPS) is 10.6. The van der Waals surface area contributed by atoms with Crippen molar-refractivity contribution in [1.29, 1.82) is 0 Å². The molecule has 0 saturated carbocycles. The van der Waals surface area contributed by atoms with Gasteiger partial charge >= 0.3 is 6.36 Å². The summed E-state index contributed by atoms with van der Waals surface area (Å²) in [5.74, 6) is 1.59. The Bertz CT molecular complexity index is 526. The van der Waals surface area contributed by atoms with Gasteiger partial charge in [0, 0.05) is 0 Å². The van der Waals surface area contributed by atoms with Gasteiger partial charge in [-0.1, -0.05) is 5.92 Å². The summed E-state index contributed by atoms with van der Waals surface area (Å²) >= 11 is 2.92. The first-order valence-electron chi connectivity index (χ1n) is 5.20. The summed E-state index contributed by atoms with van der Waals surface area (Å²) in [5, 5.41) is 2.37.